The lowest BCUT2D eigenvalue weighted by Gasteiger charge is -2.53. The summed E-state index contributed by atoms with van der Waals surface area (Å²) in [7, 11) is 0. The average molecular weight is 1150 g/mol. The zero-order chi connectivity index (χ0) is 56.6. The van der Waals surface area contributed by atoms with Crippen LogP contribution in [0.5, 0.6) is 0 Å². The summed E-state index contributed by atoms with van der Waals surface area (Å²) in [5.41, 5.74) is -2.49. The lowest BCUT2D eigenvalue weighted by atomic mass is 9.46. The average Bonchev–Trinajstić information content (AvgIpc) is 1.44. The molecule has 0 aromatic carbocycles. The molecule has 0 amide bonds. The molecule has 9 saturated heterocycles. The largest absolute Gasteiger partial charge is 0.458 e. The van der Waals surface area contributed by atoms with Crippen molar-refractivity contribution in [2.24, 2.45) is 51.8 Å². The van der Waals surface area contributed by atoms with Gasteiger partial charge in [-0.3, -0.25) is 0 Å². The maximum absolute atomic E-state index is 13.6. The Morgan fingerprint density at radius 2 is 0.854 bits per heavy atom. The maximum atomic E-state index is 13.6. The van der Waals surface area contributed by atoms with Crippen LogP contribution in [-0.4, -0.2) is 201 Å². The van der Waals surface area contributed by atoms with Crippen molar-refractivity contribution in [1.29, 1.82) is 0 Å². The van der Waals surface area contributed by atoms with E-state index >= 15 is 0 Å². The number of alkyl halides is 2. The summed E-state index contributed by atoms with van der Waals surface area (Å²) in [6.07, 6.45) is -0.232. The van der Waals surface area contributed by atoms with Crippen LogP contribution in [0.1, 0.15) is 99.3 Å². The van der Waals surface area contributed by atoms with Crippen LogP contribution in [0.3, 0.4) is 0 Å². The first-order valence-electron chi connectivity index (χ1n) is 30.2. The quantitative estimate of drug-likeness (QED) is 0.127. The van der Waals surface area contributed by atoms with E-state index in [2.05, 4.69) is 20.8 Å². The molecule has 3 unspecified atom stereocenters. The molecule has 30 atom stereocenters. The third-order valence-electron chi connectivity index (χ3n) is 27.6. The Bertz CT molecular complexity index is 3240. The number of hydrogen-bond donors (Lipinski definition) is 4. The lowest BCUT2D eigenvalue weighted by Crippen LogP contribution is -2.69. The van der Waals surface area contributed by atoms with E-state index in [0.717, 1.165) is 71.8 Å². The fraction of sp³-hybridized carbons (Fsp3) is 0.833. The highest BCUT2D eigenvalue weighted by Gasteiger charge is 3.04. The number of carbonyl (C=O) groups is 4. The second-order valence-corrected chi connectivity index (χ2v) is 29.4. The van der Waals surface area contributed by atoms with Gasteiger partial charge in [0.25, 0.3) is 0 Å². The number of aliphatic hydroxyl groups is 4. The van der Waals surface area contributed by atoms with Crippen molar-refractivity contribution in [3.05, 3.63) is 33.4 Å². The Hall–Kier alpha value is -3.36. The van der Waals surface area contributed by atoms with Crippen molar-refractivity contribution in [2.75, 3.05) is 26.4 Å². The van der Waals surface area contributed by atoms with Crippen LogP contribution in [0.25, 0.3) is 0 Å². The molecule has 12 aliphatic heterocycles. The third-order valence-corrected chi connectivity index (χ3v) is 27.6. The van der Waals surface area contributed by atoms with Crippen LogP contribution >= 0.6 is 0 Å². The Kier molecular flexibility index (Phi) is 8.85. The van der Waals surface area contributed by atoms with Crippen molar-refractivity contribution in [3.63, 3.8) is 0 Å². The fourth-order valence-corrected chi connectivity index (χ4v) is 23.1. The fourth-order valence-electron chi connectivity index (χ4n) is 23.1. The van der Waals surface area contributed by atoms with E-state index in [4.69, 9.17) is 56.8 Å². The number of carbonyl (C=O) groups excluding carboxylic acids is 4. The first-order valence-corrected chi connectivity index (χ1v) is 30.2. The van der Waals surface area contributed by atoms with E-state index in [9.17, 15) is 48.4 Å². The predicted octanol–water partition coefficient (Wildman–Crippen LogP) is 1.71. The smallest absolute Gasteiger partial charge is 0.334 e. The van der Waals surface area contributed by atoms with Gasteiger partial charge in [-0.1, -0.05) is 41.5 Å². The first-order chi connectivity index (χ1) is 39.0. The summed E-state index contributed by atoms with van der Waals surface area (Å²) in [4.78, 5) is 47.7. The first kappa shape index (κ1) is 50.8. The molecule has 21 aliphatic rings. The van der Waals surface area contributed by atoms with Gasteiger partial charge in [-0.25, -0.2) is 23.2 Å². The molecule has 21 rings (SSSR count). The molecule has 15 fully saturated rings. The third kappa shape index (κ3) is 4.72. The number of rotatable bonds is 6. The molecule has 82 heavy (non-hydrogen) atoms. The van der Waals surface area contributed by atoms with Crippen LogP contribution in [-0.2, 0) is 76.0 Å². The highest BCUT2D eigenvalue weighted by molar-refractivity contribution is 5.93. The zero-order valence-electron chi connectivity index (χ0n) is 46.3. The van der Waals surface area contributed by atoms with Crippen molar-refractivity contribution in [3.8, 4) is 0 Å². The normalized spacial score (nSPS) is 61.6. The molecular formula is C60H68F2O20. The number of hydrogen-bond acceptors (Lipinski definition) is 20. The van der Waals surface area contributed by atoms with E-state index in [1.165, 1.54) is 6.92 Å². The van der Waals surface area contributed by atoms with E-state index < -0.39 is 93.1 Å². The van der Waals surface area contributed by atoms with Gasteiger partial charge in [0.1, 0.15) is 115 Å². The van der Waals surface area contributed by atoms with Crippen LogP contribution < -0.4 is 0 Å². The van der Waals surface area contributed by atoms with Crippen molar-refractivity contribution >= 4 is 24.2 Å². The Morgan fingerprint density at radius 3 is 1.23 bits per heavy atom. The number of aliphatic hydroxyl groups excluding tert-OH is 4. The van der Waals surface area contributed by atoms with Gasteiger partial charge < -0.3 is 82.1 Å². The van der Waals surface area contributed by atoms with Crippen LogP contribution in [0.15, 0.2) is 33.4 Å². The van der Waals surface area contributed by atoms with Gasteiger partial charge in [0.15, 0.2) is 16.8 Å². The molecule has 0 bridgehead atoms. The summed E-state index contributed by atoms with van der Waals surface area (Å²) in [6.45, 7) is 12.8. The van der Waals surface area contributed by atoms with E-state index in [-0.39, 0.29) is 113 Å². The number of halogens is 2. The van der Waals surface area contributed by atoms with Crippen molar-refractivity contribution < 1.29 is 105 Å². The lowest BCUT2D eigenvalue weighted by molar-refractivity contribution is -0.137. The minimum absolute atomic E-state index is 0.0381. The zero-order valence-corrected chi connectivity index (χ0v) is 46.3. The Labute approximate surface area is 469 Å². The van der Waals surface area contributed by atoms with Crippen molar-refractivity contribution in [2.45, 2.75) is 229 Å². The number of fused-ring (bicyclic) bond motifs is 12. The summed E-state index contributed by atoms with van der Waals surface area (Å²) < 4.78 is 99.0. The molecule has 20 nitrogen and oxygen atoms in total. The summed E-state index contributed by atoms with van der Waals surface area (Å²) in [5, 5.41) is 44.0. The topological polar surface area (TPSA) is 290 Å². The van der Waals surface area contributed by atoms with Crippen molar-refractivity contribution in [1.82, 2.24) is 0 Å². The van der Waals surface area contributed by atoms with Crippen LogP contribution in [0.4, 0.5) is 8.78 Å². The van der Waals surface area contributed by atoms with Crippen LogP contribution in [0.2, 0.25) is 0 Å². The highest BCUT2D eigenvalue weighted by atomic mass is 19.3. The SMILES string of the molecule is CC(C(F)F)[C@]12O[C@H]1[C@@H]1O[C@]13[C@]1(O[C@H]1C[C@H]1C4=C(CC[C@@]13C)C(=O)OC4)[C@@H]2O.CC(C=O)[C@]12O[C@H]1[C@@H]1O[C@]13[C@]1(O[C@H]1C[C@H]1C4=C(CC[C@@]13C)C(=O)OC4)[C@@H]2O.CC(CO)[C@]12O[C@H]1[C@@H]1O[C@]13[C@]1(O[C@H]1C[C@H]1C4=C(CC[C@@]13C)C(=O)OC4)[C@@H]2O. The maximum Gasteiger partial charge on any atom is 0.334 e. The van der Waals surface area contributed by atoms with E-state index in [0.29, 0.717) is 45.5 Å². The summed E-state index contributed by atoms with van der Waals surface area (Å²) >= 11 is 0. The van der Waals surface area contributed by atoms with Gasteiger partial charge in [-0.15, -0.1) is 0 Å². The predicted molar refractivity (Wildman–Crippen MR) is 263 cm³/mol. The van der Waals surface area contributed by atoms with Gasteiger partial charge in [0.2, 0.25) is 6.43 Å². The van der Waals surface area contributed by atoms with Gasteiger partial charge in [0, 0.05) is 51.4 Å². The molecule has 12 heterocycles. The Morgan fingerprint density at radius 1 is 0.512 bits per heavy atom. The molecule has 0 aromatic heterocycles. The van der Waals surface area contributed by atoms with Gasteiger partial charge in [0.05, 0.1) is 24.2 Å². The van der Waals surface area contributed by atoms with E-state index in [1.807, 2.05) is 6.92 Å². The number of epoxide rings is 9. The number of cyclic esters (lactones) is 3. The molecule has 4 N–H and O–H groups in total. The molecule has 442 valence electrons. The molecule has 0 aromatic rings. The van der Waals surface area contributed by atoms with Gasteiger partial charge in [-0.2, -0.15) is 0 Å². The monoisotopic (exact) mass is 1150 g/mol. The minimum atomic E-state index is -2.59. The minimum Gasteiger partial charge on any atom is -0.458 e. The summed E-state index contributed by atoms with van der Waals surface area (Å²) in [6, 6.07) is 0. The molecular weight excluding hydrogens is 1080 g/mol. The second-order valence-electron chi connectivity index (χ2n) is 29.4. The molecule has 9 aliphatic carbocycles. The molecule has 6 spiro atoms. The van der Waals surface area contributed by atoms with Gasteiger partial charge in [-0.05, 0) is 92.3 Å². The number of esters is 3. The molecule has 22 heteroatoms. The number of aldehydes is 1. The molecule has 6 saturated carbocycles. The molecule has 0 radical (unpaired) electrons. The van der Waals surface area contributed by atoms with Crippen LogP contribution in [0, 0.1) is 51.8 Å². The van der Waals surface area contributed by atoms with Gasteiger partial charge >= 0.3 is 17.9 Å². The highest BCUT2D eigenvalue weighted by Crippen LogP contribution is 2.86. The number of ether oxygens (including phenoxy) is 12. The van der Waals surface area contributed by atoms with E-state index in [1.54, 1.807) is 6.92 Å². The summed E-state index contributed by atoms with van der Waals surface area (Å²) in [5.74, 6) is -1.87. The Balaban J connectivity index is 0.0000000915. The second kappa shape index (κ2) is 14.3. The standard InChI is InChI=1S/C20H22F2O6.C20H24O7.C20H22O7/c1-7(14(21)22)18-12(27-18)13-20(28-13)17(2)4-3-8-9(6-25-15(8)23)10(17)5-11-19(20,26-11)16(18)24;2*1-8(6-21)18-13(26-18)14-20(27-14)17(2)4-3-9-10(7-24-15(9)22)11(17)5-12-19(20,25-12)16(18)23/h7,10-14,16,24H,3-6H2,1-2H3;8,11-14,16,21,23H,3-7H2,1-2H3;6,8,11-14,16,23H,3-5,7H2,1-2H3/t7?,10-,11-,12-,13-,16+,17-,18-,19+,20+;2*8?,11-,12-,13-,14-,16+,17-,18-,19+,20+/m000/s1.